The van der Waals surface area contributed by atoms with E-state index in [0.717, 1.165) is 0 Å². The first kappa shape index (κ1) is 20.6. The Bertz CT molecular complexity index is 685. The van der Waals surface area contributed by atoms with Gasteiger partial charge in [-0.05, 0) is 0 Å². The number of carbonyl (C=O) groups is 3. The van der Waals surface area contributed by atoms with Crippen LogP contribution in [0.5, 0.6) is 0 Å². The standard InChI is InChI=1S/C18H24N6O6/c25-16(22-1-7-28-8-2-22)13-19-14(17(26)23-3-9-29-10-4-23)21-15(20-13)18(27)24-5-11-30-12-6-24/h1-12H2. The number of carbonyl (C=O) groups excluding carboxylic acids is 3. The maximum absolute atomic E-state index is 12.9. The zero-order valence-corrected chi connectivity index (χ0v) is 16.6. The van der Waals surface area contributed by atoms with Crippen molar-refractivity contribution in [2.45, 2.75) is 0 Å². The zero-order chi connectivity index (χ0) is 20.9. The maximum atomic E-state index is 12.9. The van der Waals surface area contributed by atoms with Crippen molar-refractivity contribution in [2.75, 3.05) is 78.9 Å². The second-order valence-corrected chi connectivity index (χ2v) is 7.02. The minimum Gasteiger partial charge on any atom is -0.378 e. The van der Waals surface area contributed by atoms with Crippen molar-refractivity contribution in [1.29, 1.82) is 0 Å². The van der Waals surface area contributed by atoms with E-state index in [0.29, 0.717) is 78.9 Å². The van der Waals surface area contributed by atoms with Gasteiger partial charge in [0.15, 0.2) is 0 Å². The molecule has 4 rings (SSSR count). The summed E-state index contributed by atoms with van der Waals surface area (Å²) in [5.41, 5.74) is 0. The maximum Gasteiger partial charge on any atom is 0.291 e. The Balaban J connectivity index is 1.64. The van der Waals surface area contributed by atoms with Gasteiger partial charge in [-0.1, -0.05) is 0 Å². The van der Waals surface area contributed by atoms with Crippen molar-refractivity contribution in [3.05, 3.63) is 17.5 Å². The fraction of sp³-hybridized carbons (Fsp3) is 0.667. The van der Waals surface area contributed by atoms with E-state index in [4.69, 9.17) is 14.2 Å². The number of ether oxygens (including phenoxy) is 3. The highest BCUT2D eigenvalue weighted by molar-refractivity contribution is 5.97. The van der Waals surface area contributed by atoms with Crippen LogP contribution in [-0.2, 0) is 14.2 Å². The topological polar surface area (TPSA) is 127 Å². The lowest BCUT2D eigenvalue weighted by Gasteiger charge is -2.28. The molecule has 0 saturated carbocycles. The number of rotatable bonds is 3. The van der Waals surface area contributed by atoms with Crippen LogP contribution in [0.4, 0.5) is 0 Å². The van der Waals surface area contributed by atoms with Gasteiger partial charge in [-0.3, -0.25) is 14.4 Å². The molecule has 0 bridgehead atoms. The van der Waals surface area contributed by atoms with Gasteiger partial charge in [0.05, 0.1) is 39.6 Å². The molecule has 0 radical (unpaired) electrons. The van der Waals surface area contributed by atoms with Crippen LogP contribution in [-0.4, -0.2) is 126 Å². The predicted octanol–water partition coefficient (Wildman–Crippen LogP) is -1.71. The molecule has 3 aliphatic heterocycles. The van der Waals surface area contributed by atoms with Crippen molar-refractivity contribution in [1.82, 2.24) is 29.7 Å². The van der Waals surface area contributed by atoms with Gasteiger partial charge in [-0.25, -0.2) is 0 Å². The highest BCUT2D eigenvalue weighted by Gasteiger charge is 2.30. The highest BCUT2D eigenvalue weighted by atomic mass is 16.5. The van der Waals surface area contributed by atoms with Gasteiger partial charge in [0.2, 0.25) is 17.5 Å². The summed E-state index contributed by atoms with van der Waals surface area (Å²) in [6.45, 7) is 4.83. The van der Waals surface area contributed by atoms with Crippen molar-refractivity contribution < 1.29 is 28.6 Å². The lowest BCUT2D eigenvalue weighted by atomic mass is 10.3. The second-order valence-electron chi connectivity index (χ2n) is 7.02. The normalized spacial score (nSPS) is 20.2. The Hall–Kier alpha value is -2.70. The van der Waals surface area contributed by atoms with Crippen LogP contribution in [0.25, 0.3) is 0 Å². The molecule has 1 aromatic heterocycles. The average Bonchev–Trinajstić information content (AvgIpc) is 2.84. The average molecular weight is 420 g/mol. The minimum absolute atomic E-state index is 0.208. The first-order chi connectivity index (χ1) is 14.6. The molecule has 0 aliphatic carbocycles. The highest BCUT2D eigenvalue weighted by Crippen LogP contribution is 2.10. The fourth-order valence-electron chi connectivity index (χ4n) is 3.39. The molecule has 0 unspecified atom stereocenters. The quantitative estimate of drug-likeness (QED) is 0.561. The summed E-state index contributed by atoms with van der Waals surface area (Å²) in [7, 11) is 0. The summed E-state index contributed by atoms with van der Waals surface area (Å²) in [5, 5.41) is 0. The SMILES string of the molecule is O=C(c1nc(C(=O)N2CCOCC2)nc(C(=O)N2CCOCC2)n1)N1CCOCC1. The lowest BCUT2D eigenvalue weighted by molar-refractivity contribution is 0.0274. The Kier molecular flexibility index (Phi) is 6.45. The van der Waals surface area contributed by atoms with E-state index in [2.05, 4.69) is 15.0 Å². The smallest absolute Gasteiger partial charge is 0.291 e. The molecule has 162 valence electrons. The molecule has 30 heavy (non-hydrogen) atoms. The fourth-order valence-corrected chi connectivity index (χ4v) is 3.39. The molecule has 12 nitrogen and oxygen atoms in total. The van der Waals surface area contributed by atoms with E-state index in [9.17, 15) is 14.4 Å². The monoisotopic (exact) mass is 420 g/mol. The molecule has 12 heteroatoms. The molecule has 3 aliphatic rings. The van der Waals surface area contributed by atoms with Gasteiger partial charge in [-0.15, -0.1) is 0 Å². The van der Waals surface area contributed by atoms with Gasteiger partial charge >= 0.3 is 0 Å². The van der Waals surface area contributed by atoms with Crippen molar-refractivity contribution in [2.24, 2.45) is 0 Å². The third-order valence-electron chi connectivity index (χ3n) is 5.10. The molecule has 4 heterocycles. The van der Waals surface area contributed by atoms with Crippen LogP contribution in [0.2, 0.25) is 0 Å². The van der Waals surface area contributed by atoms with E-state index in [1.807, 2.05) is 0 Å². The molecular formula is C18H24N6O6. The molecule has 3 fully saturated rings. The number of morpholine rings is 3. The first-order valence-corrected chi connectivity index (χ1v) is 10.0. The summed E-state index contributed by atoms with van der Waals surface area (Å²) in [6.07, 6.45) is 0. The second kappa shape index (κ2) is 9.41. The molecule has 3 saturated heterocycles. The van der Waals surface area contributed by atoms with Crippen LogP contribution in [0.1, 0.15) is 31.9 Å². The first-order valence-electron chi connectivity index (χ1n) is 10.0. The van der Waals surface area contributed by atoms with E-state index in [1.165, 1.54) is 0 Å². The van der Waals surface area contributed by atoms with Crippen LogP contribution in [0.15, 0.2) is 0 Å². The lowest BCUT2D eigenvalue weighted by Crippen LogP contribution is -2.45. The Morgan fingerprint density at radius 1 is 0.500 bits per heavy atom. The van der Waals surface area contributed by atoms with Crippen molar-refractivity contribution >= 4 is 17.7 Å². The van der Waals surface area contributed by atoms with E-state index < -0.39 is 17.7 Å². The summed E-state index contributed by atoms with van der Waals surface area (Å²) in [6, 6.07) is 0. The molecule has 0 spiro atoms. The summed E-state index contributed by atoms with van der Waals surface area (Å²) in [5.74, 6) is -1.98. The number of nitrogens with zero attached hydrogens (tertiary/aromatic N) is 6. The van der Waals surface area contributed by atoms with Gasteiger partial charge < -0.3 is 28.9 Å². The number of hydrogen-bond acceptors (Lipinski definition) is 9. The van der Waals surface area contributed by atoms with Crippen LogP contribution in [0, 0.1) is 0 Å². The third kappa shape index (κ3) is 4.55. The van der Waals surface area contributed by atoms with Gasteiger partial charge in [-0.2, -0.15) is 15.0 Å². The zero-order valence-electron chi connectivity index (χ0n) is 16.6. The Labute approximate surface area is 173 Å². The predicted molar refractivity (Wildman–Crippen MR) is 100.0 cm³/mol. The van der Waals surface area contributed by atoms with Gasteiger partial charge in [0, 0.05) is 39.3 Å². The molecule has 1 aromatic rings. The van der Waals surface area contributed by atoms with E-state index >= 15 is 0 Å². The van der Waals surface area contributed by atoms with E-state index in [-0.39, 0.29) is 17.5 Å². The molecule has 3 amide bonds. The largest absolute Gasteiger partial charge is 0.378 e. The summed E-state index contributed by atoms with van der Waals surface area (Å²) < 4.78 is 15.8. The van der Waals surface area contributed by atoms with Crippen LogP contribution in [0.3, 0.4) is 0 Å². The number of aromatic nitrogens is 3. The Morgan fingerprint density at radius 2 is 0.733 bits per heavy atom. The van der Waals surface area contributed by atoms with E-state index in [1.54, 1.807) is 14.7 Å². The molecule has 0 aromatic carbocycles. The van der Waals surface area contributed by atoms with Crippen LogP contribution < -0.4 is 0 Å². The van der Waals surface area contributed by atoms with Crippen molar-refractivity contribution in [3.63, 3.8) is 0 Å². The molecule has 0 atom stereocenters. The van der Waals surface area contributed by atoms with Gasteiger partial charge in [0.25, 0.3) is 17.7 Å². The van der Waals surface area contributed by atoms with Gasteiger partial charge in [0.1, 0.15) is 0 Å². The Morgan fingerprint density at radius 3 is 0.967 bits per heavy atom. The molecule has 0 N–H and O–H groups in total. The van der Waals surface area contributed by atoms with Crippen LogP contribution >= 0.6 is 0 Å². The molecular weight excluding hydrogens is 396 g/mol. The summed E-state index contributed by atoms with van der Waals surface area (Å²) in [4.78, 5) is 55.8. The number of amides is 3. The number of hydrogen-bond donors (Lipinski definition) is 0. The third-order valence-corrected chi connectivity index (χ3v) is 5.10. The van der Waals surface area contributed by atoms with Crippen molar-refractivity contribution in [3.8, 4) is 0 Å². The minimum atomic E-state index is -0.451. The summed E-state index contributed by atoms with van der Waals surface area (Å²) >= 11 is 0.